The molecule has 24 bridgehead atoms. The van der Waals surface area contributed by atoms with Gasteiger partial charge >= 0.3 is 0 Å². The molecule has 0 amide bonds. The van der Waals surface area contributed by atoms with Gasteiger partial charge in [0.15, 0.2) is 0 Å². The Morgan fingerprint density at radius 2 is 0.524 bits per heavy atom. The van der Waals surface area contributed by atoms with E-state index in [-0.39, 0.29) is 72.9 Å². The molecule has 33 rings (SSSR count). The molecule has 21 unspecified atom stereocenters. The molecule has 30 fully saturated rings. The van der Waals surface area contributed by atoms with Crippen LogP contribution in [-0.4, -0.2) is 88.4 Å². The van der Waals surface area contributed by atoms with Crippen LogP contribution in [0.5, 0.6) is 0 Å². The minimum Gasteiger partial charge on any atom is -0.744 e. The monoisotopic (exact) mass is 1770 g/mol. The molecule has 21 atom stereocenters. The van der Waals surface area contributed by atoms with Crippen molar-refractivity contribution in [3.63, 3.8) is 0 Å². The van der Waals surface area contributed by atoms with Crippen molar-refractivity contribution in [2.24, 2.45) is 124 Å². The summed E-state index contributed by atoms with van der Waals surface area (Å²) in [6.07, 6.45) is 54.8. The van der Waals surface area contributed by atoms with Gasteiger partial charge in [-0.05, 0) is 439 Å². The smallest absolute Gasteiger partial charge is 0.139 e. The average Bonchev–Trinajstić information content (AvgIpc) is 0.681. The molecule has 3 N–H and O–H groups in total. The number of benzene rings is 3. The molecule has 126 heavy (non-hydrogen) atoms. The van der Waals surface area contributed by atoms with E-state index in [4.69, 9.17) is 0 Å². The van der Waals surface area contributed by atoms with Crippen LogP contribution in [0.4, 0.5) is 0 Å². The van der Waals surface area contributed by atoms with E-state index in [1.165, 1.54) is 140 Å². The third-order valence-electron chi connectivity index (χ3n) is 43.6. The van der Waals surface area contributed by atoms with Gasteiger partial charge in [-0.2, -0.15) is 0 Å². The Balaban J connectivity index is 0.000000103. The molecule has 30 saturated carbocycles. The molecule has 0 aliphatic heterocycles. The van der Waals surface area contributed by atoms with Crippen molar-refractivity contribution in [3.8, 4) is 0 Å². The predicted octanol–water partition coefficient (Wildman–Crippen LogP) is 20.7. The highest BCUT2D eigenvalue weighted by Crippen LogP contribution is 2.72. The molecule has 0 spiro atoms. The lowest BCUT2D eigenvalue weighted by Gasteiger charge is -2.63. The van der Waals surface area contributed by atoms with Gasteiger partial charge in [0, 0.05) is 35.5 Å². The molecule has 30 aliphatic rings. The zero-order valence-corrected chi connectivity index (χ0v) is 77.4. The molecule has 3 aromatic carbocycles. The van der Waals surface area contributed by atoms with Crippen molar-refractivity contribution in [1.29, 1.82) is 0 Å². The van der Waals surface area contributed by atoms with Crippen LogP contribution in [0, 0.1) is 124 Å². The largest absolute Gasteiger partial charge is 0.744 e. The average molecular weight is 1780 g/mol. The van der Waals surface area contributed by atoms with E-state index in [0.29, 0.717) is 138 Å². The van der Waals surface area contributed by atoms with E-state index in [1.54, 1.807) is 0 Å². The molecular weight excluding hydrogens is 1630 g/mol. The fraction of sp³-hybridized carbons (Fsp3) is 0.806. The lowest BCUT2D eigenvalue weighted by Crippen LogP contribution is -2.59. The normalized spacial score (nSPS) is 49.0. The van der Waals surface area contributed by atoms with Crippen LogP contribution < -0.4 is 0 Å². The Labute approximate surface area is 750 Å². The third-order valence-corrected chi connectivity index (χ3v) is 46.5. The van der Waals surface area contributed by atoms with Gasteiger partial charge in [0.05, 0.1) is 31.5 Å². The highest BCUT2D eigenvalue weighted by Gasteiger charge is 2.67. The van der Waals surface area contributed by atoms with Crippen LogP contribution in [0.2, 0.25) is 0 Å². The molecule has 15 nitrogen and oxygen atoms in total. The van der Waals surface area contributed by atoms with Gasteiger partial charge < -0.3 is 29.0 Å². The van der Waals surface area contributed by atoms with Crippen LogP contribution in [0.3, 0.4) is 0 Å². The first-order valence-corrected chi connectivity index (χ1v) is 56.5. The van der Waals surface area contributed by atoms with Gasteiger partial charge in [-0.25, -0.2) is 25.3 Å². The Bertz CT molecular complexity index is 5060. The molecular formula is C108H141O15S3-3. The summed E-state index contributed by atoms with van der Waals surface area (Å²) in [5, 5.41) is 35.4. The summed E-state index contributed by atoms with van der Waals surface area (Å²) in [5.41, 5.74) is 4.13. The summed E-state index contributed by atoms with van der Waals surface area (Å²) in [6, 6.07) is 13.3. The zero-order valence-electron chi connectivity index (χ0n) is 75.0. The molecule has 684 valence electrons. The first-order chi connectivity index (χ1) is 60.1. The van der Waals surface area contributed by atoms with Crippen molar-refractivity contribution in [1.82, 2.24) is 0 Å². The van der Waals surface area contributed by atoms with Crippen LogP contribution in [-0.2, 0) is 77.2 Å². The highest BCUT2D eigenvalue weighted by atomic mass is 32.2. The van der Waals surface area contributed by atoms with Crippen LogP contribution >= 0.6 is 0 Å². The lowest BCUT2D eigenvalue weighted by atomic mass is 9.43. The predicted molar refractivity (Wildman–Crippen MR) is 474 cm³/mol. The zero-order chi connectivity index (χ0) is 85.9. The van der Waals surface area contributed by atoms with Crippen molar-refractivity contribution < 1.29 is 68.6 Å². The number of hydrogen-bond donors (Lipinski definition) is 3. The van der Waals surface area contributed by atoms with Gasteiger partial charge in [-0.15, -0.1) is 0 Å². The van der Waals surface area contributed by atoms with Gasteiger partial charge in [0.25, 0.3) is 0 Å². The van der Waals surface area contributed by atoms with Gasteiger partial charge in [0.1, 0.15) is 47.7 Å². The summed E-state index contributed by atoms with van der Waals surface area (Å²) in [7, 11) is -14.2. The lowest BCUT2D eigenvalue weighted by molar-refractivity contribution is -0.142. The maximum atomic E-state index is 13.7. The van der Waals surface area contributed by atoms with Crippen LogP contribution in [0.1, 0.15) is 415 Å². The summed E-state index contributed by atoms with van der Waals surface area (Å²) in [5.74, 6) is 10.2. The van der Waals surface area contributed by atoms with E-state index in [2.05, 4.69) is 36.4 Å². The fourth-order valence-electron chi connectivity index (χ4n) is 41.6. The molecule has 18 heteroatoms. The Morgan fingerprint density at radius 3 is 0.857 bits per heavy atom. The van der Waals surface area contributed by atoms with Crippen molar-refractivity contribution in [3.05, 3.63) is 86.5 Å². The van der Waals surface area contributed by atoms with E-state index >= 15 is 0 Å². The maximum Gasteiger partial charge on any atom is 0.139 e. The molecule has 0 saturated heterocycles. The van der Waals surface area contributed by atoms with Crippen molar-refractivity contribution in [2.75, 3.05) is 0 Å². The maximum absolute atomic E-state index is 13.7. The molecule has 3 aromatic rings. The first-order valence-electron chi connectivity index (χ1n) is 52.3. The fourth-order valence-corrected chi connectivity index (χ4v) is 44.8. The second-order valence-corrected chi connectivity index (χ2v) is 55.4. The second-order valence-electron chi connectivity index (χ2n) is 51.4. The number of hydrogen-bond acceptors (Lipinski definition) is 15. The standard InChI is InChI=1S/C36H48O6S.C36H42O6S.C36H54O3S/c37-34-12-21-1-22(13-34)7-31(6-21,18-34)27-4-28(32-8-23-2-24(9-32)15-35(38,14-23)19-32)30(43(40,41)42)29(5-27)33-10-25-3-26(11-33)17-36(39,16-25)20-33;37-30-21-1-18-2-22(30)13-34(9-18,12-21)27-7-28(35-10-19-3-23(14-35)31(38)24(4-19)15-35)33(43(40,41)42)29(8-27)36-11-20-5-25(16-36)32(39)26(6-20)17-36;37-40(38,39)36-34(32-20-8-14-25-11-2-5-17-29(25)32)22-27(31-19-7-13-24-10-1-4-16-28(24)31)23-35(36)33-21-9-15-26-12-3-6-18-30(26)33/h4-5,21-26,37-39H,1-3,6-20H2,(H,40,41,42);7-8,18-26H,1-6,9-17H2,(H,40,41,42);22-26,28-33H,1-21H2,(H,37,38,39)/p-3. The number of Topliss-reactive ketones (excluding diaryl/α,β-unsaturated/α-hetero) is 3. The minimum absolute atomic E-state index is 0.0239. The van der Waals surface area contributed by atoms with Gasteiger partial charge in [-0.3, -0.25) is 14.4 Å². The number of rotatable bonds is 12. The summed E-state index contributed by atoms with van der Waals surface area (Å²) >= 11 is 0. The summed E-state index contributed by atoms with van der Waals surface area (Å²) < 4.78 is 122. The Kier molecular flexibility index (Phi) is 19.5. The van der Waals surface area contributed by atoms with Crippen molar-refractivity contribution in [2.45, 2.75) is 428 Å². The molecule has 30 aliphatic carbocycles. The van der Waals surface area contributed by atoms with E-state index in [1.807, 2.05) is 0 Å². The number of carbonyl (C=O) groups excluding carboxylic acids is 3. The van der Waals surface area contributed by atoms with Gasteiger partial charge in [-0.1, -0.05) is 133 Å². The number of carbonyl (C=O) groups is 3. The Hall–Kier alpha value is -3.72. The molecule has 0 radical (unpaired) electrons. The molecule has 0 aromatic heterocycles. The van der Waals surface area contributed by atoms with Crippen LogP contribution in [0.25, 0.3) is 0 Å². The van der Waals surface area contributed by atoms with E-state index < -0.39 is 68.8 Å². The number of ketones is 3. The topological polar surface area (TPSA) is 283 Å². The van der Waals surface area contributed by atoms with Crippen LogP contribution in [0.15, 0.2) is 51.1 Å². The SMILES string of the molecule is O=C1C2CC3CC1CC(c1cc(C45CC6CC(C4)C(=O)C(C6)C5)c(S(=O)(=O)[O-])c(C45CC6CC(C4)C(=O)C(C6)C5)c1)(C3)C2.O=S(=O)([O-])c1c(C23CC4CC(CC(O)(C4)C2)C3)cc(C23CC4CC(CC(O)(C4)C2)C3)cc1C12CC3CC(CC(O)(C3)C1)C2.O=S(=O)([O-])c1c(C2CCCC3CCCCC32)cc(C2CCCC3CCCCC32)cc1C1CCCC2CCCCC21. The van der Waals surface area contributed by atoms with E-state index in [0.717, 1.165) is 231 Å². The van der Waals surface area contributed by atoms with Gasteiger partial charge in [0.2, 0.25) is 0 Å². The summed E-state index contributed by atoms with van der Waals surface area (Å²) in [6.45, 7) is 0. The second kappa shape index (κ2) is 29.2. The van der Waals surface area contributed by atoms with Crippen molar-refractivity contribution >= 4 is 47.7 Å². The first kappa shape index (κ1) is 84.1. The molecule has 0 heterocycles. The third kappa shape index (κ3) is 13.5. The summed E-state index contributed by atoms with van der Waals surface area (Å²) in [4.78, 5) is 40.0. The van der Waals surface area contributed by atoms with E-state index in [9.17, 15) is 68.6 Å². The quantitative estimate of drug-likeness (QED) is 0.142. The Morgan fingerprint density at radius 1 is 0.262 bits per heavy atom. The minimum atomic E-state index is -4.84. The number of fused-ring (bicyclic) bond motifs is 3. The number of aliphatic hydroxyl groups is 3. The highest BCUT2D eigenvalue weighted by molar-refractivity contribution is 7.86.